The van der Waals surface area contributed by atoms with Gasteiger partial charge in [-0.3, -0.25) is 14.5 Å². The fourth-order valence-electron chi connectivity index (χ4n) is 2.11. The summed E-state index contributed by atoms with van der Waals surface area (Å²) in [5.74, 6) is -1.34. The van der Waals surface area contributed by atoms with Gasteiger partial charge in [-0.15, -0.1) is 0 Å². The summed E-state index contributed by atoms with van der Waals surface area (Å²) in [4.78, 5) is 27.2. The number of carboxylic acids is 1. The van der Waals surface area contributed by atoms with E-state index in [1.807, 2.05) is 0 Å². The molecule has 1 aliphatic rings. The Hall–Kier alpha value is -1.10. The number of hydrogen-bond acceptors (Lipinski definition) is 3. The Labute approximate surface area is 109 Å². The van der Waals surface area contributed by atoms with Crippen LogP contribution in [0.1, 0.15) is 34.1 Å². The fraction of sp³-hybridized carbons (Fsp3) is 0.846. The maximum atomic E-state index is 12.1. The van der Waals surface area contributed by atoms with Crippen molar-refractivity contribution in [2.75, 3.05) is 26.2 Å². The van der Waals surface area contributed by atoms with Crippen LogP contribution in [0.5, 0.6) is 0 Å². The molecule has 1 heterocycles. The molecule has 0 aliphatic carbocycles. The highest BCUT2D eigenvalue weighted by Gasteiger charge is 2.40. The fourth-order valence-corrected chi connectivity index (χ4v) is 2.11. The Morgan fingerprint density at radius 1 is 1.22 bits per heavy atom. The molecular weight excluding hydrogens is 232 g/mol. The second-order valence-corrected chi connectivity index (χ2v) is 5.52. The van der Waals surface area contributed by atoms with Crippen molar-refractivity contribution in [3.8, 4) is 0 Å². The summed E-state index contributed by atoms with van der Waals surface area (Å²) in [6, 6.07) is 0.523. The second kappa shape index (κ2) is 5.69. The molecule has 1 atom stereocenters. The van der Waals surface area contributed by atoms with E-state index in [-0.39, 0.29) is 5.91 Å². The number of carboxylic acid groups (broad SMARTS) is 1. The van der Waals surface area contributed by atoms with Crippen LogP contribution in [-0.2, 0) is 9.59 Å². The maximum absolute atomic E-state index is 12.1. The molecule has 0 saturated carbocycles. The molecule has 1 aliphatic heterocycles. The molecule has 1 N–H and O–H groups in total. The third-order valence-corrected chi connectivity index (χ3v) is 3.88. The van der Waals surface area contributed by atoms with Gasteiger partial charge in [-0.1, -0.05) is 6.92 Å². The van der Waals surface area contributed by atoms with Crippen LogP contribution in [0.25, 0.3) is 0 Å². The molecule has 5 nitrogen and oxygen atoms in total. The van der Waals surface area contributed by atoms with Gasteiger partial charge in [0.1, 0.15) is 5.41 Å². The van der Waals surface area contributed by atoms with E-state index < -0.39 is 11.4 Å². The van der Waals surface area contributed by atoms with Crippen molar-refractivity contribution in [2.24, 2.45) is 5.41 Å². The minimum atomic E-state index is -1.32. The van der Waals surface area contributed by atoms with Gasteiger partial charge in [0.15, 0.2) is 0 Å². The topological polar surface area (TPSA) is 60.9 Å². The Kier molecular flexibility index (Phi) is 4.73. The minimum absolute atomic E-state index is 0.279. The quantitative estimate of drug-likeness (QED) is 0.763. The predicted molar refractivity (Wildman–Crippen MR) is 69.3 cm³/mol. The normalized spacial score (nSPS) is 19.7. The van der Waals surface area contributed by atoms with E-state index >= 15 is 0 Å². The van der Waals surface area contributed by atoms with E-state index in [2.05, 4.69) is 18.7 Å². The summed E-state index contributed by atoms with van der Waals surface area (Å²) in [5, 5.41) is 9.06. The number of aliphatic carboxylic acids is 1. The average Bonchev–Trinajstić information content (AvgIpc) is 2.36. The number of nitrogens with zero attached hydrogens (tertiary/aromatic N) is 2. The van der Waals surface area contributed by atoms with Crippen LogP contribution < -0.4 is 0 Å². The monoisotopic (exact) mass is 256 g/mol. The minimum Gasteiger partial charge on any atom is -0.480 e. The van der Waals surface area contributed by atoms with E-state index in [0.29, 0.717) is 19.1 Å². The van der Waals surface area contributed by atoms with E-state index in [0.717, 1.165) is 19.5 Å². The second-order valence-electron chi connectivity index (χ2n) is 5.52. The van der Waals surface area contributed by atoms with E-state index in [4.69, 9.17) is 5.11 Å². The van der Waals surface area contributed by atoms with Gasteiger partial charge in [0.2, 0.25) is 5.91 Å². The van der Waals surface area contributed by atoms with Crippen LogP contribution in [0.15, 0.2) is 0 Å². The molecule has 1 amide bonds. The van der Waals surface area contributed by atoms with Gasteiger partial charge < -0.3 is 10.0 Å². The maximum Gasteiger partial charge on any atom is 0.318 e. The van der Waals surface area contributed by atoms with Gasteiger partial charge in [0.25, 0.3) is 0 Å². The van der Waals surface area contributed by atoms with Crippen LogP contribution in [0.4, 0.5) is 0 Å². The Morgan fingerprint density at radius 2 is 1.72 bits per heavy atom. The van der Waals surface area contributed by atoms with Crippen molar-refractivity contribution in [1.29, 1.82) is 0 Å². The van der Waals surface area contributed by atoms with Crippen molar-refractivity contribution >= 4 is 11.9 Å². The first-order chi connectivity index (χ1) is 8.30. The predicted octanol–water partition coefficient (Wildman–Crippen LogP) is 1.04. The Morgan fingerprint density at radius 3 is 2.11 bits per heavy atom. The van der Waals surface area contributed by atoms with E-state index in [1.165, 1.54) is 13.8 Å². The summed E-state index contributed by atoms with van der Waals surface area (Å²) >= 11 is 0. The van der Waals surface area contributed by atoms with Gasteiger partial charge in [-0.25, -0.2) is 0 Å². The lowest BCUT2D eigenvalue weighted by atomic mass is 9.91. The molecular formula is C13H24N2O3. The SMILES string of the molecule is CCC(C)N1CCN(C(=O)C(C)(C)C(=O)O)CC1. The van der Waals surface area contributed by atoms with Crippen molar-refractivity contribution < 1.29 is 14.7 Å². The molecule has 18 heavy (non-hydrogen) atoms. The lowest BCUT2D eigenvalue weighted by molar-refractivity contribution is -0.159. The van der Waals surface area contributed by atoms with Crippen molar-refractivity contribution in [1.82, 2.24) is 9.80 Å². The lowest BCUT2D eigenvalue weighted by Gasteiger charge is -2.39. The van der Waals surface area contributed by atoms with Crippen LogP contribution in [-0.4, -0.2) is 59.0 Å². The smallest absolute Gasteiger partial charge is 0.318 e. The van der Waals surface area contributed by atoms with Gasteiger partial charge in [0.05, 0.1) is 0 Å². The average molecular weight is 256 g/mol. The van der Waals surface area contributed by atoms with Gasteiger partial charge in [-0.2, -0.15) is 0 Å². The summed E-state index contributed by atoms with van der Waals surface area (Å²) in [6.45, 7) is 10.2. The van der Waals surface area contributed by atoms with Gasteiger partial charge in [0, 0.05) is 32.2 Å². The van der Waals surface area contributed by atoms with Crippen LogP contribution in [0, 0.1) is 5.41 Å². The number of carbonyl (C=O) groups excluding carboxylic acids is 1. The first-order valence-electron chi connectivity index (χ1n) is 6.57. The molecule has 0 aromatic heterocycles. The molecule has 0 radical (unpaired) electrons. The number of piperazine rings is 1. The standard InChI is InChI=1S/C13H24N2O3/c1-5-10(2)14-6-8-15(9-7-14)11(16)13(3,4)12(17)18/h10H,5-9H2,1-4H3,(H,17,18). The first-order valence-corrected chi connectivity index (χ1v) is 6.57. The molecule has 0 bridgehead atoms. The van der Waals surface area contributed by atoms with Crippen molar-refractivity contribution in [2.45, 2.75) is 40.2 Å². The summed E-state index contributed by atoms with van der Waals surface area (Å²) in [5.41, 5.74) is -1.32. The molecule has 0 aromatic rings. The van der Waals surface area contributed by atoms with Crippen LogP contribution in [0.3, 0.4) is 0 Å². The Balaban J connectivity index is 2.58. The zero-order valence-corrected chi connectivity index (χ0v) is 11.8. The third kappa shape index (κ3) is 3.02. The highest BCUT2D eigenvalue weighted by atomic mass is 16.4. The van der Waals surface area contributed by atoms with Crippen molar-refractivity contribution in [3.05, 3.63) is 0 Å². The molecule has 104 valence electrons. The molecule has 1 saturated heterocycles. The number of carbonyl (C=O) groups is 2. The zero-order valence-electron chi connectivity index (χ0n) is 11.8. The first kappa shape index (κ1) is 15.0. The van der Waals surface area contributed by atoms with E-state index in [9.17, 15) is 9.59 Å². The summed E-state index contributed by atoms with van der Waals surface area (Å²) in [7, 11) is 0. The number of rotatable bonds is 4. The van der Waals surface area contributed by atoms with Crippen LogP contribution >= 0.6 is 0 Å². The molecule has 0 spiro atoms. The Bertz CT molecular complexity index is 320. The van der Waals surface area contributed by atoms with Crippen LogP contribution in [0.2, 0.25) is 0 Å². The largest absolute Gasteiger partial charge is 0.480 e. The number of hydrogen-bond donors (Lipinski definition) is 1. The van der Waals surface area contributed by atoms with Gasteiger partial charge in [-0.05, 0) is 27.2 Å². The zero-order chi connectivity index (χ0) is 13.9. The number of amides is 1. The third-order valence-electron chi connectivity index (χ3n) is 3.88. The molecule has 1 fully saturated rings. The van der Waals surface area contributed by atoms with E-state index in [1.54, 1.807) is 4.90 Å². The molecule has 5 heteroatoms. The molecule has 0 aromatic carbocycles. The highest BCUT2D eigenvalue weighted by Crippen LogP contribution is 2.21. The van der Waals surface area contributed by atoms with Crippen molar-refractivity contribution in [3.63, 3.8) is 0 Å². The summed E-state index contributed by atoms with van der Waals surface area (Å²) < 4.78 is 0. The molecule has 1 unspecified atom stereocenters. The molecule has 1 rings (SSSR count). The lowest BCUT2D eigenvalue weighted by Crippen LogP contribution is -2.55. The van der Waals surface area contributed by atoms with Gasteiger partial charge >= 0.3 is 5.97 Å². The summed E-state index contributed by atoms with van der Waals surface area (Å²) in [6.07, 6.45) is 1.09. The highest BCUT2D eigenvalue weighted by molar-refractivity contribution is 6.01.